The first-order valence-corrected chi connectivity index (χ1v) is 10.5. The quantitative estimate of drug-likeness (QED) is 0.446. The number of nitro groups is 1. The minimum atomic E-state index is -0.409. The molecular weight excluding hydrogens is 372 g/mol. The summed E-state index contributed by atoms with van der Waals surface area (Å²) in [6.07, 6.45) is 6.89. The number of ether oxygens (including phenoxy) is 1. The van der Waals surface area contributed by atoms with E-state index in [0.29, 0.717) is 44.1 Å². The fourth-order valence-electron chi connectivity index (χ4n) is 4.40. The smallest absolute Gasteiger partial charge is 0.293 e. The normalized spacial score (nSPS) is 19.6. The molecular formula is C21H32N4O4. The molecule has 0 aromatic heterocycles. The summed E-state index contributed by atoms with van der Waals surface area (Å²) in [6.45, 7) is 2.87. The van der Waals surface area contributed by atoms with Crippen molar-refractivity contribution in [2.75, 3.05) is 51.8 Å². The molecule has 1 saturated carbocycles. The van der Waals surface area contributed by atoms with Gasteiger partial charge in [-0.2, -0.15) is 0 Å². The van der Waals surface area contributed by atoms with Crippen LogP contribution in [0.2, 0.25) is 0 Å². The van der Waals surface area contributed by atoms with E-state index in [-0.39, 0.29) is 17.1 Å². The first-order valence-electron chi connectivity index (χ1n) is 10.5. The molecule has 1 aromatic rings. The van der Waals surface area contributed by atoms with Gasteiger partial charge in [0.05, 0.1) is 18.1 Å². The number of carbonyl (C=O) groups is 1. The third-order valence-electron chi connectivity index (χ3n) is 6.35. The summed E-state index contributed by atoms with van der Waals surface area (Å²) in [5.41, 5.74) is 0.794. The number of hydrogen-bond donors (Lipinski definition) is 1. The number of nitro benzene ring substituents is 1. The fourth-order valence-corrected chi connectivity index (χ4v) is 4.40. The highest BCUT2D eigenvalue weighted by molar-refractivity contribution is 5.95. The Morgan fingerprint density at radius 2 is 1.86 bits per heavy atom. The van der Waals surface area contributed by atoms with Crippen LogP contribution in [-0.2, 0) is 4.74 Å². The van der Waals surface area contributed by atoms with E-state index < -0.39 is 4.92 Å². The average Bonchev–Trinajstić information content (AvgIpc) is 2.99. The van der Waals surface area contributed by atoms with Crippen molar-refractivity contribution in [3.63, 3.8) is 0 Å². The maximum Gasteiger partial charge on any atom is 0.293 e. The molecule has 1 heterocycles. The molecule has 3 rings (SSSR count). The van der Waals surface area contributed by atoms with Gasteiger partial charge in [-0.15, -0.1) is 0 Å². The highest BCUT2D eigenvalue weighted by atomic mass is 16.6. The summed E-state index contributed by atoms with van der Waals surface area (Å²) < 4.78 is 5.33. The molecule has 8 heteroatoms. The standard InChI is InChI=1S/C21H32N4O4/c1-23(2)21(9-5-3-4-6-10-21)16-22-20(26)17-7-8-18(19(15-17)25(27)28)24-11-13-29-14-12-24/h7-8,15H,3-6,9-14,16H2,1-2H3,(H,22,26). The Labute approximate surface area is 172 Å². The number of nitrogens with one attached hydrogen (secondary N) is 1. The van der Waals surface area contributed by atoms with Gasteiger partial charge in [0.25, 0.3) is 11.6 Å². The van der Waals surface area contributed by atoms with E-state index in [1.807, 2.05) is 4.90 Å². The zero-order valence-electron chi connectivity index (χ0n) is 17.5. The van der Waals surface area contributed by atoms with E-state index in [9.17, 15) is 14.9 Å². The first-order chi connectivity index (χ1) is 13.9. The molecule has 1 saturated heterocycles. The Hall–Kier alpha value is -2.19. The Morgan fingerprint density at radius 1 is 1.21 bits per heavy atom. The van der Waals surface area contributed by atoms with Crippen LogP contribution in [0.3, 0.4) is 0 Å². The zero-order valence-corrected chi connectivity index (χ0v) is 17.5. The van der Waals surface area contributed by atoms with E-state index in [1.54, 1.807) is 12.1 Å². The van der Waals surface area contributed by atoms with Gasteiger partial charge in [-0.05, 0) is 39.1 Å². The van der Waals surface area contributed by atoms with E-state index >= 15 is 0 Å². The second kappa shape index (κ2) is 9.54. The summed E-state index contributed by atoms with van der Waals surface area (Å²) in [5, 5.41) is 14.7. The lowest BCUT2D eigenvalue weighted by molar-refractivity contribution is -0.384. The lowest BCUT2D eigenvalue weighted by Crippen LogP contribution is -2.52. The highest BCUT2D eigenvalue weighted by Crippen LogP contribution is 2.32. The van der Waals surface area contributed by atoms with E-state index in [0.717, 1.165) is 25.7 Å². The number of rotatable bonds is 6. The summed E-state index contributed by atoms with van der Waals surface area (Å²) in [4.78, 5) is 28.2. The van der Waals surface area contributed by atoms with Crippen LogP contribution in [0.15, 0.2) is 18.2 Å². The molecule has 1 aliphatic carbocycles. The molecule has 160 valence electrons. The van der Waals surface area contributed by atoms with Crippen LogP contribution in [0.25, 0.3) is 0 Å². The summed E-state index contributed by atoms with van der Waals surface area (Å²) in [6, 6.07) is 4.77. The van der Waals surface area contributed by atoms with Crippen molar-refractivity contribution in [2.45, 2.75) is 44.1 Å². The number of carbonyl (C=O) groups excluding carboxylic acids is 1. The maximum atomic E-state index is 12.8. The molecule has 0 atom stereocenters. The molecule has 1 aliphatic heterocycles. The Morgan fingerprint density at radius 3 is 2.45 bits per heavy atom. The number of amides is 1. The number of morpholine rings is 1. The Balaban J connectivity index is 1.74. The maximum absolute atomic E-state index is 12.8. The van der Waals surface area contributed by atoms with Crippen molar-refractivity contribution in [2.24, 2.45) is 0 Å². The van der Waals surface area contributed by atoms with E-state index in [1.165, 1.54) is 18.9 Å². The predicted octanol–water partition coefficient (Wildman–Crippen LogP) is 2.82. The van der Waals surface area contributed by atoms with Gasteiger partial charge < -0.3 is 19.9 Å². The van der Waals surface area contributed by atoms with Crippen molar-refractivity contribution in [3.8, 4) is 0 Å². The highest BCUT2D eigenvalue weighted by Gasteiger charge is 2.33. The summed E-state index contributed by atoms with van der Waals surface area (Å²) >= 11 is 0. The minimum absolute atomic E-state index is 0.0312. The topological polar surface area (TPSA) is 88.0 Å². The molecule has 0 unspecified atom stereocenters. The van der Waals surface area contributed by atoms with Crippen LogP contribution in [0, 0.1) is 10.1 Å². The van der Waals surface area contributed by atoms with Crippen LogP contribution >= 0.6 is 0 Å². The molecule has 0 bridgehead atoms. The zero-order chi connectivity index (χ0) is 20.9. The van der Waals surface area contributed by atoms with Gasteiger partial charge in [0.1, 0.15) is 5.69 Å². The van der Waals surface area contributed by atoms with Crippen molar-refractivity contribution < 1.29 is 14.5 Å². The second-order valence-electron chi connectivity index (χ2n) is 8.28. The lowest BCUT2D eigenvalue weighted by atomic mass is 9.88. The average molecular weight is 405 g/mol. The third-order valence-corrected chi connectivity index (χ3v) is 6.35. The molecule has 29 heavy (non-hydrogen) atoms. The van der Waals surface area contributed by atoms with Crippen molar-refractivity contribution >= 4 is 17.3 Å². The number of anilines is 1. The van der Waals surface area contributed by atoms with Gasteiger partial charge in [0.2, 0.25) is 0 Å². The van der Waals surface area contributed by atoms with Crippen LogP contribution in [0.1, 0.15) is 48.9 Å². The SMILES string of the molecule is CN(C)C1(CNC(=O)c2ccc(N3CCOCC3)c([N+](=O)[O-])c2)CCCCCC1. The van der Waals surface area contributed by atoms with Crippen molar-refractivity contribution in [1.29, 1.82) is 0 Å². The van der Waals surface area contributed by atoms with Crippen LogP contribution < -0.4 is 10.2 Å². The number of benzene rings is 1. The van der Waals surface area contributed by atoms with Gasteiger partial charge in [-0.3, -0.25) is 14.9 Å². The van der Waals surface area contributed by atoms with E-state index in [2.05, 4.69) is 24.3 Å². The van der Waals surface area contributed by atoms with Crippen LogP contribution in [0.5, 0.6) is 0 Å². The summed E-state index contributed by atoms with van der Waals surface area (Å²) in [7, 11) is 4.14. The van der Waals surface area contributed by atoms with Crippen LogP contribution in [-0.4, -0.2) is 68.2 Å². The first kappa shape index (κ1) is 21.5. The summed E-state index contributed by atoms with van der Waals surface area (Å²) in [5.74, 6) is -0.257. The molecule has 2 aliphatic rings. The number of hydrogen-bond acceptors (Lipinski definition) is 6. The molecule has 2 fully saturated rings. The second-order valence-corrected chi connectivity index (χ2v) is 8.28. The predicted molar refractivity (Wildman–Crippen MR) is 113 cm³/mol. The van der Waals surface area contributed by atoms with Gasteiger partial charge in [0.15, 0.2) is 0 Å². The third kappa shape index (κ3) is 5.05. The van der Waals surface area contributed by atoms with Crippen LogP contribution in [0.4, 0.5) is 11.4 Å². The monoisotopic (exact) mass is 404 g/mol. The molecule has 0 radical (unpaired) electrons. The lowest BCUT2D eigenvalue weighted by Gasteiger charge is -2.39. The Kier molecular flexibility index (Phi) is 7.08. The largest absolute Gasteiger partial charge is 0.378 e. The number of nitrogens with zero attached hydrogens (tertiary/aromatic N) is 3. The van der Waals surface area contributed by atoms with Gasteiger partial charge in [-0.25, -0.2) is 0 Å². The molecule has 0 spiro atoms. The Bertz CT molecular complexity index is 723. The van der Waals surface area contributed by atoms with Gasteiger partial charge in [0, 0.05) is 36.8 Å². The fraction of sp³-hybridized carbons (Fsp3) is 0.667. The molecule has 1 N–H and O–H groups in total. The van der Waals surface area contributed by atoms with Gasteiger partial charge >= 0.3 is 0 Å². The van der Waals surface area contributed by atoms with Crippen molar-refractivity contribution in [1.82, 2.24) is 10.2 Å². The molecule has 1 amide bonds. The number of likely N-dealkylation sites (N-methyl/N-ethyl adjacent to an activating group) is 1. The minimum Gasteiger partial charge on any atom is -0.378 e. The molecule has 1 aromatic carbocycles. The van der Waals surface area contributed by atoms with E-state index in [4.69, 9.17) is 4.74 Å². The van der Waals surface area contributed by atoms with Gasteiger partial charge in [-0.1, -0.05) is 25.7 Å². The van der Waals surface area contributed by atoms with Crippen molar-refractivity contribution in [3.05, 3.63) is 33.9 Å². The molecule has 8 nitrogen and oxygen atoms in total.